The summed E-state index contributed by atoms with van der Waals surface area (Å²) in [7, 11) is 0. The van der Waals surface area contributed by atoms with Gasteiger partial charge in [-0.25, -0.2) is 4.79 Å². The van der Waals surface area contributed by atoms with Crippen molar-refractivity contribution >= 4 is 6.09 Å². The van der Waals surface area contributed by atoms with Crippen molar-refractivity contribution in [1.29, 1.82) is 0 Å². The predicted octanol–water partition coefficient (Wildman–Crippen LogP) is 1.73. The lowest BCUT2D eigenvalue weighted by Crippen LogP contribution is -2.54. The molecule has 1 heterocycles. The number of nitrogens with zero attached hydrogens (tertiary/aromatic N) is 1. The Labute approximate surface area is 121 Å². The largest absolute Gasteiger partial charge is 0.444 e. The molecule has 0 bridgehead atoms. The number of hydrogen-bond donors (Lipinski definition) is 2. The highest BCUT2D eigenvalue weighted by Crippen LogP contribution is 2.41. The van der Waals surface area contributed by atoms with Gasteiger partial charge in [0.1, 0.15) is 5.60 Å². The van der Waals surface area contributed by atoms with E-state index in [1.807, 2.05) is 20.8 Å². The van der Waals surface area contributed by atoms with Crippen LogP contribution in [-0.4, -0.2) is 46.9 Å². The first-order valence-corrected chi connectivity index (χ1v) is 7.64. The molecule has 0 aromatic heterocycles. The molecule has 5 heteroatoms. The normalized spacial score (nSPS) is 31.9. The number of amides is 1. The number of rotatable bonds is 2. The Kier molecular flexibility index (Phi) is 4.30. The number of carbonyl (C=O) groups excluding carboxylic acids is 1. The van der Waals surface area contributed by atoms with Gasteiger partial charge in [0, 0.05) is 31.2 Å². The van der Waals surface area contributed by atoms with Gasteiger partial charge < -0.3 is 20.5 Å². The molecule has 0 aromatic rings. The van der Waals surface area contributed by atoms with E-state index in [1.165, 1.54) is 12.8 Å². The van der Waals surface area contributed by atoms with Crippen LogP contribution in [0.15, 0.2) is 0 Å². The van der Waals surface area contributed by atoms with Gasteiger partial charge in [0.05, 0.1) is 0 Å². The fourth-order valence-electron chi connectivity index (χ4n) is 3.58. The van der Waals surface area contributed by atoms with Crippen molar-refractivity contribution in [1.82, 2.24) is 4.90 Å². The molecule has 2 rings (SSSR count). The maximum absolute atomic E-state index is 12.2. The highest BCUT2D eigenvalue weighted by Gasteiger charge is 2.50. The van der Waals surface area contributed by atoms with E-state index in [0.717, 1.165) is 12.8 Å². The monoisotopic (exact) mass is 284 g/mol. The van der Waals surface area contributed by atoms with E-state index >= 15 is 0 Å². The lowest BCUT2D eigenvalue weighted by atomic mass is 9.76. The molecule has 1 saturated carbocycles. The van der Waals surface area contributed by atoms with E-state index in [-0.39, 0.29) is 18.6 Å². The standard InChI is InChI=1S/C15H28N2O3/c1-14(2,3)20-13(19)17-8-12(9-18)15(16,10-17)11-6-4-5-7-11/h11-12,18H,4-10,16H2,1-3H3. The smallest absolute Gasteiger partial charge is 0.410 e. The van der Waals surface area contributed by atoms with Crippen LogP contribution in [0.3, 0.4) is 0 Å². The van der Waals surface area contributed by atoms with Gasteiger partial charge in [0.2, 0.25) is 0 Å². The predicted molar refractivity (Wildman–Crippen MR) is 77.3 cm³/mol. The number of hydrogen-bond acceptors (Lipinski definition) is 4. The number of aliphatic hydroxyl groups excluding tert-OH is 1. The fraction of sp³-hybridized carbons (Fsp3) is 0.933. The third kappa shape index (κ3) is 3.09. The van der Waals surface area contributed by atoms with Crippen LogP contribution in [0, 0.1) is 11.8 Å². The highest BCUT2D eigenvalue weighted by molar-refractivity contribution is 5.69. The number of ether oxygens (including phenoxy) is 1. The topological polar surface area (TPSA) is 75.8 Å². The van der Waals surface area contributed by atoms with Crippen LogP contribution in [0.4, 0.5) is 4.79 Å². The van der Waals surface area contributed by atoms with Crippen molar-refractivity contribution in [3.8, 4) is 0 Å². The number of carbonyl (C=O) groups is 1. The van der Waals surface area contributed by atoms with Crippen LogP contribution in [0.5, 0.6) is 0 Å². The van der Waals surface area contributed by atoms with E-state index in [0.29, 0.717) is 19.0 Å². The van der Waals surface area contributed by atoms with Gasteiger partial charge in [-0.05, 0) is 39.5 Å². The van der Waals surface area contributed by atoms with Gasteiger partial charge in [0.15, 0.2) is 0 Å². The number of aliphatic hydroxyl groups is 1. The Hall–Kier alpha value is -0.810. The first kappa shape index (κ1) is 15.6. The molecule has 3 N–H and O–H groups in total. The lowest BCUT2D eigenvalue weighted by molar-refractivity contribution is 0.0275. The molecule has 0 spiro atoms. The van der Waals surface area contributed by atoms with Crippen LogP contribution < -0.4 is 5.73 Å². The van der Waals surface area contributed by atoms with Crippen molar-refractivity contribution in [2.75, 3.05) is 19.7 Å². The number of likely N-dealkylation sites (tertiary alicyclic amines) is 1. The Bertz CT molecular complexity index is 361. The second-order valence-corrected chi connectivity index (χ2v) is 7.33. The third-order valence-corrected chi connectivity index (χ3v) is 4.65. The van der Waals surface area contributed by atoms with Crippen molar-refractivity contribution < 1.29 is 14.6 Å². The molecule has 1 amide bonds. The van der Waals surface area contributed by atoms with Gasteiger partial charge >= 0.3 is 6.09 Å². The molecule has 2 unspecified atom stereocenters. The summed E-state index contributed by atoms with van der Waals surface area (Å²) in [5.41, 5.74) is 5.64. The Morgan fingerprint density at radius 1 is 1.40 bits per heavy atom. The SMILES string of the molecule is CC(C)(C)OC(=O)N1CC(CO)C(N)(C2CCCC2)C1. The van der Waals surface area contributed by atoms with Crippen LogP contribution in [0.1, 0.15) is 46.5 Å². The summed E-state index contributed by atoms with van der Waals surface area (Å²) in [4.78, 5) is 13.9. The van der Waals surface area contributed by atoms with Gasteiger partial charge in [-0.3, -0.25) is 0 Å². The molecule has 5 nitrogen and oxygen atoms in total. The lowest BCUT2D eigenvalue weighted by Gasteiger charge is -2.35. The van der Waals surface area contributed by atoms with E-state index in [4.69, 9.17) is 10.5 Å². The summed E-state index contributed by atoms with van der Waals surface area (Å²) < 4.78 is 5.42. The summed E-state index contributed by atoms with van der Waals surface area (Å²) in [5, 5.41) is 9.64. The average molecular weight is 284 g/mol. The van der Waals surface area contributed by atoms with Crippen LogP contribution in [0.25, 0.3) is 0 Å². The summed E-state index contributed by atoms with van der Waals surface area (Å²) in [6.45, 7) is 6.61. The molecular formula is C15H28N2O3. The zero-order valence-corrected chi connectivity index (χ0v) is 12.9. The quantitative estimate of drug-likeness (QED) is 0.810. The highest BCUT2D eigenvalue weighted by atomic mass is 16.6. The van der Waals surface area contributed by atoms with Crippen molar-refractivity contribution in [3.05, 3.63) is 0 Å². The molecule has 20 heavy (non-hydrogen) atoms. The number of nitrogens with two attached hydrogens (primary N) is 1. The first-order valence-electron chi connectivity index (χ1n) is 7.64. The molecule has 0 aromatic carbocycles. The van der Waals surface area contributed by atoms with Crippen LogP contribution in [-0.2, 0) is 4.74 Å². The molecular weight excluding hydrogens is 256 g/mol. The molecule has 1 aliphatic heterocycles. The second-order valence-electron chi connectivity index (χ2n) is 7.33. The molecule has 2 fully saturated rings. The summed E-state index contributed by atoms with van der Waals surface area (Å²) in [6.07, 6.45) is 4.30. The minimum Gasteiger partial charge on any atom is -0.444 e. The van der Waals surface area contributed by atoms with E-state index in [1.54, 1.807) is 4.90 Å². The molecule has 0 radical (unpaired) electrons. The molecule has 1 saturated heterocycles. The minimum atomic E-state index is -0.501. The zero-order valence-electron chi connectivity index (χ0n) is 12.9. The maximum Gasteiger partial charge on any atom is 0.410 e. The van der Waals surface area contributed by atoms with E-state index < -0.39 is 11.1 Å². The average Bonchev–Trinajstić information content (AvgIpc) is 2.94. The molecule has 2 aliphatic rings. The summed E-state index contributed by atoms with van der Waals surface area (Å²) in [5.74, 6) is 0.366. The first-order chi connectivity index (χ1) is 9.26. The Morgan fingerprint density at radius 2 is 2.00 bits per heavy atom. The van der Waals surface area contributed by atoms with Gasteiger partial charge in [-0.1, -0.05) is 12.8 Å². The third-order valence-electron chi connectivity index (χ3n) is 4.65. The Morgan fingerprint density at radius 3 is 2.50 bits per heavy atom. The molecule has 116 valence electrons. The van der Waals surface area contributed by atoms with Crippen molar-refractivity contribution in [3.63, 3.8) is 0 Å². The maximum atomic E-state index is 12.2. The summed E-state index contributed by atoms with van der Waals surface area (Å²) in [6, 6.07) is 0. The fourth-order valence-corrected chi connectivity index (χ4v) is 3.58. The minimum absolute atomic E-state index is 0.0340. The summed E-state index contributed by atoms with van der Waals surface area (Å²) >= 11 is 0. The van der Waals surface area contributed by atoms with Gasteiger partial charge in [-0.15, -0.1) is 0 Å². The van der Waals surface area contributed by atoms with Crippen molar-refractivity contribution in [2.24, 2.45) is 17.6 Å². The Balaban J connectivity index is 2.07. The van der Waals surface area contributed by atoms with Crippen LogP contribution in [0.2, 0.25) is 0 Å². The van der Waals surface area contributed by atoms with Gasteiger partial charge in [-0.2, -0.15) is 0 Å². The van der Waals surface area contributed by atoms with Gasteiger partial charge in [0.25, 0.3) is 0 Å². The molecule has 2 atom stereocenters. The molecule has 1 aliphatic carbocycles. The zero-order chi connectivity index (χ0) is 15.0. The van der Waals surface area contributed by atoms with E-state index in [2.05, 4.69) is 0 Å². The van der Waals surface area contributed by atoms with Crippen LogP contribution >= 0.6 is 0 Å². The van der Waals surface area contributed by atoms with Crippen molar-refractivity contribution in [2.45, 2.75) is 57.6 Å². The second kappa shape index (κ2) is 5.53. The van der Waals surface area contributed by atoms with E-state index in [9.17, 15) is 9.90 Å².